The first-order valence-corrected chi connectivity index (χ1v) is 6.84. The van der Waals surface area contributed by atoms with Gasteiger partial charge in [0.2, 0.25) is 11.7 Å². The lowest BCUT2D eigenvalue weighted by atomic mass is 9.89. The Balaban J connectivity index is 1.91. The maximum Gasteiger partial charge on any atom is 0.233 e. The van der Waals surface area contributed by atoms with E-state index in [4.69, 9.17) is 9.26 Å². The number of aromatic nitrogens is 2. The highest BCUT2D eigenvalue weighted by atomic mass is 16.5. The van der Waals surface area contributed by atoms with Gasteiger partial charge in [0.15, 0.2) is 0 Å². The van der Waals surface area contributed by atoms with Gasteiger partial charge in [-0.2, -0.15) is 4.98 Å². The summed E-state index contributed by atoms with van der Waals surface area (Å²) >= 11 is 0. The van der Waals surface area contributed by atoms with Crippen molar-refractivity contribution in [3.8, 4) is 17.1 Å². The minimum Gasteiger partial charge on any atom is -0.508 e. The Hall–Kier alpha value is -1.88. The zero-order valence-corrected chi connectivity index (χ0v) is 11.8. The Morgan fingerprint density at radius 1 is 1.15 bits per heavy atom. The van der Waals surface area contributed by atoms with Gasteiger partial charge >= 0.3 is 0 Å². The van der Waals surface area contributed by atoms with E-state index in [1.807, 2.05) is 13.0 Å². The highest BCUT2D eigenvalue weighted by molar-refractivity contribution is 5.56. The Morgan fingerprint density at radius 3 is 2.60 bits per heavy atom. The van der Waals surface area contributed by atoms with Crippen LogP contribution < -0.4 is 0 Å². The molecule has 0 bridgehead atoms. The van der Waals surface area contributed by atoms with Gasteiger partial charge in [-0.05, 0) is 31.9 Å². The fourth-order valence-electron chi connectivity index (χ4n) is 2.83. The molecule has 0 amide bonds. The normalized spacial score (nSPS) is 29.8. The summed E-state index contributed by atoms with van der Waals surface area (Å²) < 4.78 is 11.2. The maximum absolute atomic E-state index is 9.51. The second-order valence-electron chi connectivity index (χ2n) is 5.44. The SMILES string of the molecule is CC1OC(C)C(c2nc(-c3cccc(O)c3)no2)C1C. The third-order valence-corrected chi connectivity index (χ3v) is 4.07. The lowest BCUT2D eigenvalue weighted by molar-refractivity contribution is 0.0542. The molecule has 2 heterocycles. The molecule has 2 aromatic rings. The van der Waals surface area contributed by atoms with E-state index in [2.05, 4.69) is 24.0 Å². The summed E-state index contributed by atoms with van der Waals surface area (Å²) in [5.74, 6) is 1.74. The molecule has 0 saturated carbocycles. The first-order chi connectivity index (χ1) is 9.56. The van der Waals surface area contributed by atoms with Gasteiger partial charge in [0.05, 0.1) is 18.1 Å². The lowest BCUT2D eigenvalue weighted by Gasteiger charge is -2.12. The third-order valence-electron chi connectivity index (χ3n) is 4.07. The molecular weight excluding hydrogens is 256 g/mol. The van der Waals surface area contributed by atoms with Crippen LogP contribution in [-0.2, 0) is 4.74 Å². The van der Waals surface area contributed by atoms with Crippen LogP contribution in [0.2, 0.25) is 0 Å². The number of hydrogen-bond donors (Lipinski definition) is 1. The van der Waals surface area contributed by atoms with Crippen molar-refractivity contribution in [2.45, 2.75) is 38.9 Å². The maximum atomic E-state index is 9.51. The molecule has 0 radical (unpaired) electrons. The molecule has 3 rings (SSSR count). The molecule has 5 nitrogen and oxygen atoms in total. The van der Waals surface area contributed by atoms with E-state index in [-0.39, 0.29) is 23.9 Å². The van der Waals surface area contributed by atoms with E-state index in [1.165, 1.54) is 0 Å². The van der Waals surface area contributed by atoms with Crippen molar-refractivity contribution in [1.29, 1.82) is 0 Å². The van der Waals surface area contributed by atoms with Crippen LogP contribution in [0.3, 0.4) is 0 Å². The van der Waals surface area contributed by atoms with Crippen molar-refractivity contribution in [2.75, 3.05) is 0 Å². The summed E-state index contributed by atoms with van der Waals surface area (Å²) in [5, 5.41) is 13.5. The van der Waals surface area contributed by atoms with Crippen molar-refractivity contribution in [3.05, 3.63) is 30.2 Å². The van der Waals surface area contributed by atoms with Crippen LogP contribution in [0.25, 0.3) is 11.4 Å². The fourth-order valence-corrected chi connectivity index (χ4v) is 2.83. The second-order valence-corrected chi connectivity index (χ2v) is 5.44. The number of nitrogens with zero attached hydrogens (tertiary/aromatic N) is 2. The molecule has 5 heteroatoms. The van der Waals surface area contributed by atoms with Gasteiger partial charge in [-0.3, -0.25) is 0 Å². The van der Waals surface area contributed by atoms with Gasteiger partial charge in [-0.1, -0.05) is 24.2 Å². The molecular formula is C15H18N2O3. The van der Waals surface area contributed by atoms with Gasteiger partial charge in [0.25, 0.3) is 0 Å². The number of phenolic OH excluding ortho intramolecular Hbond substituents is 1. The van der Waals surface area contributed by atoms with Crippen molar-refractivity contribution in [2.24, 2.45) is 5.92 Å². The summed E-state index contributed by atoms with van der Waals surface area (Å²) in [6.07, 6.45) is 0.253. The Morgan fingerprint density at radius 2 is 1.95 bits per heavy atom. The van der Waals surface area contributed by atoms with Crippen LogP contribution in [0.1, 0.15) is 32.6 Å². The predicted molar refractivity (Wildman–Crippen MR) is 73.3 cm³/mol. The minimum absolute atomic E-state index is 0.0671. The highest BCUT2D eigenvalue weighted by Gasteiger charge is 2.41. The van der Waals surface area contributed by atoms with Gasteiger partial charge < -0.3 is 14.4 Å². The Kier molecular flexibility index (Phi) is 3.22. The molecule has 4 unspecified atom stereocenters. The molecule has 1 N–H and O–H groups in total. The number of ether oxygens (including phenoxy) is 1. The van der Waals surface area contributed by atoms with E-state index >= 15 is 0 Å². The van der Waals surface area contributed by atoms with Crippen LogP contribution in [0.15, 0.2) is 28.8 Å². The quantitative estimate of drug-likeness (QED) is 0.911. The van der Waals surface area contributed by atoms with Gasteiger partial charge in [-0.25, -0.2) is 0 Å². The molecule has 1 aliphatic rings. The van der Waals surface area contributed by atoms with Gasteiger partial charge in [-0.15, -0.1) is 0 Å². The van der Waals surface area contributed by atoms with E-state index in [9.17, 15) is 5.11 Å². The minimum atomic E-state index is 0.0671. The van der Waals surface area contributed by atoms with Crippen LogP contribution in [0.4, 0.5) is 0 Å². The first-order valence-electron chi connectivity index (χ1n) is 6.84. The van der Waals surface area contributed by atoms with Crippen LogP contribution in [-0.4, -0.2) is 27.5 Å². The number of phenols is 1. The lowest BCUT2D eigenvalue weighted by Crippen LogP contribution is -2.15. The zero-order valence-electron chi connectivity index (χ0n) is 11.8. The molecule has 0 aliphatic carbocycles. The molecule has 1 aromatic heterocycles. The average molecular weight is 274 g/mol. The Bertz CT molecular complexity index is 611. The highest BCUT2D eigenvalue weighted by Crippen LogP contribution is 2.39. The molecule has 1 aliphatic heterocycles. The molecule has 4 atom stereocenters. The average Bonchev–Trinajstić information content (AvgIpc) is 2.96. The van der Waals surface area contributed by atoms with Crippen LogP contribution in [0, 0.1) is 5.92 Å². The van der Waals surface area contributed by atoms with Crippen molar-refractivity contribution in [3.63, 3.8) is 0 Å². The molecule has 0 spiro atoms. The number of hydrogen-bond acceptors (Lipinski definition) is 5. The fraction of sp³-hybridized carbons (Fsp3) is 0.467. The molecule has 1 fully saturated rings. The smallest absolute Gasteiger partial charge is 0.233 e. The van der Waals surface area contributed by atoms with E-state index in [0.717, 1.165) is 5.56 Å². The first kappa shape index (κ1) is 13.1. The Labute approximate surface area is 117 Å². The van der Waals surface area contributed by atoms with Gasteiger partial charge in [0.1, 0.15) is 5.75 Å². The second kappa shape index (κ2) is 4.90. The number of aromatic hydroxyl groups is 1. The molecule has 1 aromatic carbocycles. The topological polar surface area (TPSA) is 68.4 Å². The monoisotopic (exact) mass is 274 g/mol. The van der Waals surface area contributed by atoms with Crippen molar-refractivity contribution >= 4 is 0 Å². The predicted octanol–water partition coefficient (Wildman–Crippen LogP) is 2.97. The summed E-state index contributed by atoms with van der Waals surface area (Å²) in [6.45, 7) is 6.23. The summed E-state index contributed by atoms with van der Waals surface area (Å²) in [6, 6.07) is 6.83. The number of benzene rings is 1. The molecule has 106 valence electrons. The van der Waals surface area contributed by atoms with E-state index in [1.54, 1.807) is 18.2 Å². The summed E-state index contributed by atoms with van der Waals surface area (Å²) in [7, 11) is 0. The molecule has 20 heavy (non-hydrogen) atoms. The molecule has 1 saturated heterocycles. The van der Waals surface area contributed by atoms with E-state index in [0.29, 0.717) is 17.6 Å². The summed E-state index contributed by atoms with van der Waals surface area (Å²) in [4.78, 5) is 4.47. The van der Waals surface area contributed by atoms with Crippen LogP contribution in [0.5, 0.6) is 5.75 Å². The zero-order chi connectivity index (χ0) is 14.3. The summed E-state index contributed by atoms with van der Waals surface area (Å²) in [5.41, 5.74) is 0.743. The van der Waals surface area contributed by atoms with Crippen LogP contribution >= 0.6 is 0 Å². The van der Waals surface area contributed by atoms with Crippen molar-refractivity contribution < 1.29 is 14.4 Å². The third kappa shape index (κ3) is 2.18. The largest absolute Gasteiger partial charge is 0.508 e. The van der Waals surface area contributed by atoms with E-state index < -0.39 is 0 Å². The van der Waals surface area contributed by atoms with Gasteiger partial charge in [0, 0.05) is 5.56 Å². The van der Waals surface area contributed by atoms with Crippen molar-refractivity contribution in [1.82, 2.24) is 10.1 Å². The number of rotatable bonds is 2. The standard InChI is InChI=1S/C15H18N2O3/c1-8-9(2)19-10(3)13(8)15-16-14(17-20-15)11-5-4-6-12(18)7-11/h4-10,13,18H,1-3H3.